The van der Waals surface area contributed by atoms with Gasteiger partial charge in [0.05, 0.1) is 5.56 Å². The van der Waals surface area contributed by atoms with Gasteiger partial charge >= 0.3 is 0 Å². The number of carbonyl (C=O) groups is 1. The largest absolute Gasteiger partial charge is 0.336 e. The third kappa shape index (κ3) is 3.88. The monoisotopic (exact) mass is 441 g/mol. The van der Waals surface area contributed by atoms with Gasteiger partial charge in [0.2, 0.25) is 10.0 Å². The molecular formula is C23H24FN3O3S. The Morgan fingerprint density at radius 3 is 2.16 bits per heavy atom. The molecule has 1 amide bonds. The number of aromatic nitrogens is 1. The smallest absolute Gasteiger partial charge is 0.255 e. The molecule has 1 fully saturated rings. The molecule has 4 rings (SSSR count). The summed E-state index contributed by atoms with van der Waals surface area (Å²) in [6.07, 6.45) is 0. The standard InChI is InChI=1S/C23H24FN3O3S/c1-17-16-20(18(2)27(17)19-8-4-3-5-9-19)23(28)25-12-14-26(15-13-25)31(29,30)22-11-7-6-10-21(22)24/h3-11,16H,12-15H2,1-2H3. The lowest BCUT2D eigenvalue weighted by molar-refractivity contribution is 0.0697. The van der Waals surface area contributed by atoms with E-state index in [1.807, 2.05) is 54.8 Å². The second-order valence-electron chi connectivity index (χ2n) is 7.58. The summed E-state index contributed by atoms with van der Waals surface area (Å²) in [6, 6.07) is 17.0. The zero-order chi connectivity index (χ0) is 22.2. The highest BCUT2D eigenvalue weighted by Crippen LogP contribution is 2.24. The minimum atomic E-state index is -3.94. The molecule has 2 aromatic carbocycles. The minimum absolute atomic E-state index is 0.125. The zero-order valence-corrected chi connectivity index (χ0v) is 18.3. The van der Waals surface area contributed by atoms with Crippen molar-refractivity contribution in [2.24, 2.45) is 0 Å². The number of benzene rings is 2. The predicted molar refractivity (Wildman–Crippen MR) is 116 cm³/mol. The molecule has 31 heavy (non-hydrogen) atoms. The van der Waals surface area contributed by atoms with Crippen LogP contribution < -0.4 is 0 Å². The average molecular weight is 442 g/mol. The molecule has 1 aliphatic heterocycles. The van der Waals surface area contributed by atoms with Gasteiger partial charge in [0.1, 0.15) is 10.7 Å². The van der Waals surface area contributed by atoms with Gasteiger partial charge in [-0.15, -0.1) is 0 Å². The second-order valence-corrected chi connectivity index (χ2v) is 9.49. The summed E-state index contributed by atoms with van der Waals surface area (Å²) in [7, 11) is -3.94. The van der Waals surface area contributed by atoms with E-state index in [0.717, 1.165) is 23.1 Å². The number of sulfonamides is 1. The molecule has 0 N–H and O–H groups in total. The number of rotatable bonds is 4. The number of aryl methyl sites for hydroxylation is 1. The van der Waals surface area contributed by atoms with Crippen molar-refractivity contribution in [3.05, 3.63) is 83.4 Å². The molecule has 1 aliphatic rings. The van der Waals surface area contributed by atoms with Crippen molar-refractivity contribution in [2.45, 2.75) is 18.7 Å². The van der Waals surface area contributed by atoms with Crippen LogP contribution >= 0.6 is 0 Å². The van der Waals surface area contributed by atoms with E-state index in [9.17, 15) is 17.6 Å². The van der Waals surface area contributed by atoms with Crippen LogP contribution in [0.5, 0.6) is 0 Å². The van der Waals surface area contributed by atoms with Crippen LogP contribution in [0.25, 0.3) is 5.69 Å². The van der Waals surface area contributed by atoms with E-state index in [1.165, 1.54) is 22.5 Å². The molecule has 162 valence electrons. The van der Waals surface area contributed by atoms with Crippen LogP contribution in [0.1, 0.15) is 21.7 Å². The highest BCUT2D eigenvalue weighted by Gasteiger charge is 2.32. The van der Waals surface area contributed by atoms with E-state index in [-0.39, 0.29) is 37.0 Å². The molecule has 1 saturated heterocycles. The van der Waals surface area contributed by atoms with E-state index in [0.29, 0.717) is 5.56 Å². The zero-order valence-electron chi connectivity index (χ0n) is 17.5. The average Bonchev–Trinajstić information content (AvgIpc) is 3.08. The van der Waals surface area contributed by atoms with E-state index in [4.69, 9.17) is 0 Å². The Hall–Kier alpha value is -2.97. The lowest BCUT2D eigenvalue weighted by Gasteiger charge is -2.34. The van der Waals surface area contributed by atoms with Gasteiger partial charge in [0.25, 0.3) is 5.91 Å². The SMILES string of the molecule is Cc1cc(C(=O)N2CCN(S(=O)(=O)c3ccccc3F)CC2)c(C)n1-c1ccccc1. The number of carbonyl (C=O) groups excluding carboxylic acids is 1. The van der Waals surface area contributed by atoms with Crippen LogP contribution in [0.2, 0.25) is 0 Å². The van der Waals surface area contributed by atoms with Gasteiger partial charge in [0.15, 0.2) is 0 Å². The lowest BCUT2D eigenvalue weighted by Crippen LogP contribution is -2.50. The Kier molecular flexibility index (Phi) is 5.68. The molecule has 0 bridgehead atoms. The molecule has 0 aliphatic carbocycles. The van der Waals surface area contributed by atoms with Gasteiger partial charge in [-0.05, 0) is 44.2 Å². The van der Waals surface area contributed by atoms with Crippen molar-refractivity contribution in [1.29, 1.82) is 0 Å². The summed E-state index contributed by atoms with van der Waals surface area (Å²) in [6.45, 7) is 4.62. The summed E-state index contributed by atoms with van der Waals surface area (Å²) < 4.78 is 42.9. The molecule has 8 heteroatoms. The van der Waals surface area contributed by atoms with Gasteiger partial charge in [-0.3, -0.25) is 4.79 Å². The van der Waals surface area contributed by atoms with Crippen molar-refractivity contribution >= 4 is 15.9 Å². The van der Waals surface area contributed by atoms with Crippen LogP contribution in [0.4, 0.5) is 4.39 Å². The molecule has 2 heterocycles. The van der Waals surface area contributed by atoms with E-state index in [2.05, 4.69) is 0 Å². The number of hydrogen-bond donors (Lipinski definition) is 0. The van der Waals surface area contributed by atoms with Gasteiger partial charge in [-0.25, -0.2) is 12.8 Å². The first-order chi connectivity index (χ1) is 14.8. The number of para-hydroxylation sites is 1. The quantitative estimate of drug-likeness (QED) is 0.624. The van der Waals surface area contributed by atoms with Gasteiger partial charge in [0, 0.05) is 43.3 Å². The number of hydrogen-bond acceptors (Lipinski definition) is 3. The van der Waals surface area contributed by atoms with E-state index in [1.54, 1.807) is 4.90 Å². The summed E-state index contributed by atoms with van der Waals surface area (Å²) in [4.78, 5) is 14.5. The number of halogens is 1. The highest BCUT2D eigenvalue weighted by molar-refractivity contribution is 7.89. The van der Waals surface area contributed by atoms with Gasteiger partial charge < -0.3 is 9.47 Å². The number of piperazine rings is 1. The molecule has 0 atom stereocenters. The molecule has 0 saturated carbocycles. The van der Waals surface area contributed by atoms with E-state index >= 15 is 0 Å². The first kappa shape index (κ1) is 21.3. The Balaban J connectivity index is 1.51. The second kappa shape index (κ2) is 8.28. The first-order valence-electron chi connectivity index (χ1n) is 10.1. The molecule has 0 unspecified atom stereocenters. The summed E-state index contributed by atoms with van der Waals surface area (Å²) in [5.74, 6) is -0.896. The van der Waals surface area contributed by atoms with Crippen molar-refractivity contribution in [3.63, 3.8) is 0 Å². The Labute approximate surface area is 181 Å². The Morgan fingerprint density at radius 1 is 0.903 bits per heavy atom. The third-order valence-electron chi connectivity index (χ3n) is 5.66. The van der Waals surface area contributed by atoms with Crippen molar-refractivity contribution < 1.29 is 17.6 Å². The Morgan fingerprint density at radius 2 is 1.52 bits per heavy atom. The van der Waals surface area contributed by atoms with Gasteiger partial charge in [-0.2, -0.15) is 4.31 Å². The van der Waals surface area contributed by atoms with Gasteiger partial charge in [-0.1, -0.05) is 30.3 Å². The lowest BCUT2D eigenvalue weighted by atomic mass is 10.2. The van der Waals surface area contributed by atoms with Crippen molar-refractivity contribution in [3.8, 4) is 5.69 Å². The summed E-state index contributed by atoms with van der Waals surface area (Å²) in [5.41, 5.74) is 3.38. The molecule has 0 radical (unpaired) electrons. The predicted octanol–water partition coefficient (Wildman–Crippen LogP) is 3.38. The van der Waals surface area contributed by atoms with Crippen LogP contribution in [0, 0.1) is 19.7 Å². The molecule has 0 spiro atoms. The third-order valence-corrected chi connectivity index (χ3v) is 7.59. The van der Waals surface area contributed by atoms with Crippen LogP contribution in [-0.2, 0) is 10.0 Å². The maximum absolute atomic E-state index is 14.0. The molecule has 1 aromatic heterocycles. The van der Waals surface area contributed by atoms with Crippen molar-refractivity contribution in [2.75, 3.05) is 26.2 Å². The van der Waals surface area contributed by atoms with E-state index < -0.39 is 15.8 Å². The molecular weight excluding hydrogens is 417 g/mol. The maximum atomic E-state index is 14.0. The summed E-state index contributed by atoms with van der Waals surface area (Å²) >= 11 is 0. The van der Waals surface area contributed by atoms with Crippen LogP contribution in [-0.4, -0.2) is 54.3 Å². The molecule has 3 aromatic rings. The fourth-order valence-electron chi connectivity index (χ4n) is 4.05. The Bertz CT molecular complexity index is 1210. The first-order valence-corrected chi connectivity index (χ1v) is 11.5. The van der Waals surface area contributed by atoms with Crippen LogP contribution in [0.15, 0.2) is 65.6 Å². The maximum Gasteiger partial charge on any atom is 0.255 e. The number of nitrogens with zero attached hydrogens (tertiary/aromatic N) is 3. The fourth-order valence-corrected chi connectivity index (χ4v) is 5.54. The topological polar surface area (TPSA) is 62.6 Å². The fraction of sp³-hybridized carbons (Fsp3) is 0.261. The van der Waals surface area contributed by atoms with Crippen LogP contribution in [0.3, 0.4) is 0 Å². The summed E-state index contributed by atoms with van der Waals surface area (Å²) in [5, 5.41) is 0. The minimum Gasteiger partial charge on any atom is -0.336 e. The van der Waals surface area contributed by atoms with Crippen molar-refractivity contribution in [1.82, 2.24) is 13.8 Å². The highest BCUT2D eigenvalue weighted by atomic mass is 32.2. The normalized spacial score (nSPS) is 15.3. The molecule has 6 nitrogen and oxygen atoms in total. The number of amides is 1.